The van der Waals surface area contributed by atoms with Gasteiger partial charge in [-0.3, -0.25) is 4.79 Å². The van der Waals surface area contributed by atoms with Gasteiger partial charge < -0.3 is 10.2 Å². The van der Waals surface area contributed by atoms with Crippen LogP contribution in [0.2, 0.25) is 10.3 Å². The highest BCUT2D eigenvalue weighted by atomic mass is 35.5. The van der Waals surface area contributed by atoms with Crippen LogP contribution in [0.3, 0.4) is 0 Å². The van der Waals surface area contributed by atoms with E-state index < -0.39 is 0 Å². The maximum absolute atomic E-state index is 12.2. The Morgan fingerprint density at radius 3 is 2.75 bits per heavy atom. The molecular weight excluding hydrogens is 299 g/mol. The fourth-order valence-corrected chi connectivity index (χ4v) is 2.72. The molecular formula is C13H18Cl2N4O. The normalized spacial score (nSPS) is 17.1. The molecule has 0 aromatic carbocycles. The van der Waals surface area contributed by atoms with Gasteiger partial charge in [-0.05, 0) is 31.9 Å². The molecule has 0 atom stereocenters. The summed E-state index contributed by atoms with van der Waals surface area (Å²) >= 11 is 11.6. The standard InChI is InChI=1S/C13H18Cl2N4O/c1-2-5-19-6-3-9(4-7-19)16-13(20)10-8-11(14)17-18-12(10)15/h8-9H,2-7H2,1H3,(H,16,20). The van der Waals surface area contributed by atoms with Crippen molar-refractivity contribution in [3.63, 3.8) is 0 Å². The van der Waals surface area contributed by atoms with E-state index in [2.05, 4.69) is 27.3 Å². The maximum Gasteiger partial charge on any atom is 0.254 e. The summed E-state index contributed by atoms with van der Waals surface area (Å²) in [7, 11) is 0. The highest BCUT2D eigenvalue weighted by Gasteiger charge is 2.22. The van der Waals surface area contributed by atoms with Crippen LogP contribution in [0.25, 0.3) is 0 Å². The molecule has 0 radical (unpaired) electrons. The Balaban J connectivity index is 1.91. The summed E-state index contributed by atoms with van der Waals surface area (Å²) in [4.78, 5) is 14.6. The van der Waals surface area contributed by atoms with Crippen molar-refractivity contribution in [3.8, 4) is 0 Å². The molecule has 1 fully saturated rings. The van der Waals surface area contributed by atoms with Gasteiger partial charge in [-0.2, -0.15) is 0 Å². The topological polar surface area (TPSA) is 58.1 Å². The quantitative estimate of drug-likeness (QED) is 0.926. The van der Waals surface area contributed by atoms with Crippen LogP contribution in [0.1, 0.15) is 36.5 Å². The minimum absolute atomic E-state index is 0.0790. The second-order valence-corrected chi connectivity index (χ2v) is 5.71. The molecule has 0 unspecified atom stereocenters. The summed E-state index contributed by atoms with van der Waals surface area (Å²) in [5.41, 5.74) is 0.280. The van der Waals surface area contributed by atoms with Crippen molar-refractivity contribution < 1.29 is 4.79 Å². The minimum Gasteiger partial charge on any atom is -0.349 e. The Morgan fingerprint density at radius 2 is 2.10 bits per heavy atom. The molecule has 1 aromatic heterocycles. The van der Waals surface area contributed by atoms with E-state index in [0.29, 0.717) is 0 Å². The molecule has 2 heterocycles. The molecule has 0 aliphatic carbocycles. The molecule has 20 heavy (non-hydrogen) atoms. The Bertz CT molecular complexity index is 475. The number of carbonyl (C=O) groups excluding carboxylic acids is 1. The van der Waals surface area contributed by atoms with Crippen LogP contribution in [0, 0.1) is 0 Å². The maximum atomic E-state index is 12.2. The summed E-state index contributed by atoms with van der Waals surface area (Å²) in [6, 6.07) is 1.62. The Hall–Kier alpha value is -0.910. The largest absolute Gasteiger partial charge is 0.349 e. The minimum atomic E-state index is -0.235. The molecule has 1 aliphatic heterocycles. The van der Waals surface area contributed by atoms with Gasteiger partial charge in [0, 0.05) is 19.1 Å². The van der Waals surface area contributed by atoms with Crippen LogP contribution in [0.4, 0.5) is 0 Å². The van der Waals surface area contributed by atoms with Crippen molar-refractivity contribution in [2.75, 3.05) is 19.6 Å². The summed E-state index contributed by atoms with van der Waals surface area (Å²) < 4.78 is 0. The van der Waals surface area contributed by atoms with E-state index in [1.807, 2.05) is 0 Å². The van der Waals surface area contributed by atoms with Gasteiger partial charge in [0.05, 0.1) is 5.56 Å². The van der Waals surface area contributed by atoms with Gasteiger partial charge in [-0.25, -0.2) is 0 Å². The van der Waals surface area contributed by atoms with Crippen LogP contribution >= 0.6 is 23.2 Å². The first-order valence-corrected chi connectivity index (χ1v) is 7.57. The van der Waals surface area contributed by atoms with Crippen LogP contribution < -0.4 is 5.32 Å². The third kappa shape index (κ3) is 4.04. The van der Waals surface area contributed by atoms with Crippen LogP contribution in [-0.4, -0.2) is 46.7 Å². The monoisotopic (exact) mass is 316 g/mol. The molecule has 0 bridgehead atoms. The van der Waals surface area contributed by atoms with Gasteiger partial charge in [-0.15, -0.1) is 10.2 Å². The van der Waals surface area contributed by atoms with E-state index in [1.54, 1.807) is 0 Å². The van der Waals surface area contributed by atoms with Gasteiger partial charge in [0.15, 0.2) is 10.3 Å². The molecule has 0 spiro atoms. The fourth-order valence-electron chi connectivity index (χ4n) is 2.39. The molecule has 7 heteroatoms. The number of hydrogen-bond acceptors (Lipinski definition) is 4. The lowest BCUT2D eigenvalue weighted by atomic mass is 10.0. The van der Waals surface area contributed by atoms with E-state index in [1.165, 1.54) is 6.07 Å². The zero-order valence-corrected chi connectivity index (χ0v) is 12.9. The molecule has 1 N–H and O–H groups in total. The van der Waals surface area contributed by atoms with Gasteiger partial charge in [0.25, 0.3) is 5.91 Å². The first-order chi connectivity index (χ1) is 9.60. The smallest absolute Gasteiger partial charge is 0.254 e. The van der Waals surface area contributed by atoms with Crippen LogP contribution in [0.15, 0.2) is 6.07 Å². The van der Waals surface area contributed by atoms with Gasteiger partial charge >= 0.3 is 0 Å². The molecule has 2 rings (SSSR count). The van der Waals surface area contributed by atoms with Crippen molar-refractivity contribution >= 4 is 29.1 Å². The Labute approximate surface area is 128 Å². The molecule has 1 saturated heterocycles. The fraction of sp³-hybridized carbons (Fsp3) is 0.615. The lowest BCUT2D eigenvalue weighted by molar-refractivity contribution is 0.0910. The van der Waals surface area contributed by atoms with E-state index >= 15 is 0 Å². The number of amides is 1. The predicted octanol–water partition coefficient (Wildman–Crippen LogP) is 2.39. The van der Waals surface area contributed by atoms with Crippen LogP contribution in [0.5, 0.6) is 0 Å². The highest BCUT2D eigenvalue weighted by molar-refractivity contribution is 6.34. The number of halogens is 2. The lowest BCUT2D eigenvalue weighted by Crippen LogP contribution is -2.44. The van der Waals surface area contributed by atoms with E-state index in [-0.39, 0.29) is 27.8 Å². The second kappa shape index (κ2) is 7.20. The van der Waals surface area contributed by atoms with Crippen molar-refractivity contribution in [3.05, 3.63) is 21.9 Å². The number of nitrogens with zero attached hydrogens (tertiary/aromatic N) is 3. The third-order valence-corrected chi connectivity index (χ3v) is 3.89. The molecule has 1 aliphatic rings. The van der Waals surface area contributed by atoms with Crippen molar-refractivity contribution in [1.29, 1.82) is 0 Å². The van der Waals surface area contributed by atoms with E-state index in [9.17, 15) is 4.79 Å². The van der Waals surface area contributed by atoms with Gasteiger partial charge in [0.2, 0.25) is 0 Å². The van der Waals surface area contributed by atoms with Gasteiger partial charge in [-0.1, -0.05) is 30.1 Å². The number of carbonyl (C=O) groups is 1. The number of rotatable bonds is 4. The van der Waals surface area contributed by atoms with Crippen molar-refractivity contribution in [2.45, 2.75) is 32.2 Å². The predicted molar refractivity (Wildman–Crippen MR) is 79.3 cm³/mol. The average molecular weight is 317 g/mol. The van der Waals surface area contributed by atoms with Gasteiger partial charge in [0.1, 0.15) is 0 Å². The Morgan fingerprint density at radius 1 is 1.40 bits per heavy atom. The van der Waals surface area contributed by atoms with E-state index in [4.69, 9.17) is 23.2 Å². The SMILES string of the molecule is CCCN1CCC(NC(=O)c2cc(Cl)nnc2Cl)CC1. The lowest BCUT2D eigenvalue weighted by Gasteiger charge is -2.32. The molecule has 110 valence electrons. The van der Waals surface area contributed by atoms with Crippen molar-refractivity contribution in [2.24, 2.45) is 0 Å². The zero-order chi connectivity index (χ0) is 14.5. The number of aromatic nitrogens is 2. The number of hydrogen-bond donors (Lipinski definition) is 1. The zero-order valence-electron chi connectivity index (χ0n) is 11.4. The molecule has 1 aromatic rings. The summed E-state index contributed by atoms with van der Waals surface area (Å²) in [5.74, 6) is -0.235. The number of likely N-dealkylation sites (tertiary alicyclic amines) is 1. The van der Waals surface area contributed by atoms with Crippen LogP contribution in [-0.2, 0) is 0 Å². The summed E-state index contributed by atoms with van der Waals surface area (Å²) in [6.07, 6.45) is 3.07. The van der Waals surface area contributed by atoms with Crippen molar-refractivity contribution in [1.82, 2.24) is 20.4 Å². The molecule has 5 nitrogen and oxygen atoms in total. The average Bonchev–Trinajstić information content (AvgIpc) is 2.44. The number of piperidine rings is 1. The first kappa shape index (κ1) is 15.5. The molecule has 0 saturated carbocycles. The summed E-state index contributed by atoms with van der Waals surface area (Å²) in [6.45, 7) is 5.33. The Kier molecular flexibility index (Phi) is 5.57. The number of nitrogens with one attached hydrogen (secondary N) is 1. The second-order valence-electron chi connectivity index (χ2n) is 4.96. The molecule has 1 amide bonds. The third-order valence-electron chi connectivity index (χ3n) is 3.43. The van der Waals surface area contributed by atoms with E-state index in [0.717, 1.165) is 38.9 Å². The summed E-state index contributed by atoms with van der Waals surface area (Å²) in [5, 5.41) is 10.5. The highest BCUT2D eigenvalue weighted by Crippen LogP contribution is 2.17. The first-order valence-electron chi connectivity index (χ1n) is 6.82.